The van der Waals surface area contributed by atoms with Gasteiger partial charge >= 0.3 is 0 Å². The molecule has 0 aliphatic rings. The van der Waals surface area contributed by atoms with E-state index >= 15 is 0 Å². The summed E-state index contributed by atoms with van der Waals surface area (Å²) >= 11 is 1.77. The van der Waals surface area contributed by atoms with Crippen LogP contribution in [-0.2, 0) is 6.54 Å². The van der Waals surface area contributed by atoms with E-state index in [0.29, 0.717) is 0 Å². The number of hydrogen-bond donors (Lipinski definition) is 2. The third-order valence-corrected chi connectivity index (χ3v) is 4.52. The number of nitrogens with two attached hydrogens (primary N) is 1. The maximum absolute atomic E-state index is 5.76. The van der Waals surface area contributed by atoms with Crippen molar-refractivity contribution in [3.63, 3.8) is 0 Å². The third kappa shape index (κ3) is 2.47. The molecule has 3 rings (SSSR count). The highest BCUT2D eigenvalue weighted by molar-refractivity contribution is 7.19. The van der Waals surface area contributed by atoms with Gasteiger partial charge in [-0.05, 0) is 23.9 Å². The Morgan fingerprint density at radius 2 is 2.25 bits per heavy atom. The first-order valence-corrected chi connectivity index (χ1v) is 7.60. The van der Waals surface area contributed by atoms with E-state index in [9.17, 15) is 0 Å². The Kier molecular flexibility index (Phi) is 3.82. The molecule has 0 amide bonds. The molecule has 0 fully saturated rings. The minimum atomic E-state index is -0.00185. The molecule has 4 nitrogen and oxygen atoms in total. The highest BCUT2D eigenvalue weighted by Gasteiger charge is 2.17. The van der Waals surface area contributed by atoms with E-state index in [1.807, 2.05) is 10.9 Å². The second-order valence-corrected chi connectivity index (χ2v) is 5.94. The van der Waals surface area contributed by atoms with Crippen LogP contribution < -0.4 is 11.3 Å². The zero-order chi connectivity index (χ0) is 13.9. The molecule has 104 valence electrons. The fourth-order valence-corrected chi connectivity index (χ4v) is 3.52. The molecular weight excluding hydrogens is 268 g/mol. The van der Waals surface area contributed by atoms with Crippen molar-refractivity contribution in [2.75, 3.05) is 0 Å². The Labute approximate surface area is 122 Å². The largest absolute Gasteiger partial charge is 0.272 e. The van der Waals surface area contributed by atoms with Gasteiger partial charge in [-0.15, -0.1) is 11.3 Å². The molecule has 3 aromatic rings. The van der Waals surface area contributed by atoms with E-state index in [4.69, 9.17) is 5.84 Å². The Balaban J connectivity index is 1.95. The summed E-state index contributed by atoms with van der Waals surface area (Å²) in [5.41, 5.74) is 4.01. The molecule has 0 aliphatic heterocycles. The monoisotopic (exact) mass is 286 g/mol. The molecule has 1 unspecified atom stereocenters. The van der Waals surface area contributed by atoms with Gasteiger partial charge in [-0.2, -0.15) is 5.10 Å². The molecule has 0 saturated heterocycles. The number of hydrazine groups is 1. The van der Waals surface area contributed by atoms with E-state index < -0.39 is 0 Å². The highest BCUT2D eigenvalue weighted by Crippen LogP contribution is 2.32. The van der Waals surface area contributed by atoms with Gasteiger partial charge in [0, 0.05) is 27.9 Å². The molecule has 2 heterocycles. The van der Waals surface area contributed by atoms with Crippen molar-refractivity contribution in [1.29, 1.82) is 0 Å². The van der Waals surface area contributed by atoms with Crippen LogP contribution in [0.4, 0.5) is 0 Å². The van der Waals surface area contributed by atoms with Crippen molar-refractivity contribution in [3.05, 3.63) is 53.2 Å². The Bertz CT molecular complexity index is 668. The highest BCUT2D eigenvalue weighted by atomic mass is 32.1. The van der Waals surface area contributed by atoms with Crippen LogP contribution in [0.15, 0.2) is 42.7 Å². The normalized spacial score (nSPS) is 12.9. The van der Waals surface area contributed by atoms with E-state index in [1.54, 1.807) is 11.3 Å². The van der Waals surface area contributed by atoms with Crippen LogP contribution in [-0.4, -0.2) is 9.78 Å². The lowest BCUT2D eigenvalue weighted by Crippen LogP contribution is -2.27. The first kappa shape index (κ1) is 13.3. The summed E-state index contributed by atoms with van der Waals surface area (Å²) in [6.07, 6.45) is 5.04. The number of thiophene rings is 1. The van der Waals surface area contributed by atoms with Gasteiger partial charge in [-0.3, -0.25) is 10.5 Å². The minimum absolute atomic E-state index is 0.00185. The summed E-state index contributed by atoms with van der Waals surface area (Å²) in [5.74, 6) is 5.76. The lowest BCUT2D eigenvalue weighted by Gasteiger charge is -2.11. The standard InChI is InChI=1S/C15H18N4S/c1-2-7-19-10-12(9-17-19)15(18-16)14-8-11-5-3-4-6-13(11)20-14/h3-6,8-10,15,18H,2,7,16H2,1H3. The van der Waals surface area contributed by atoms with Crippen LogP contribution in [0, 0.1) is 0 Å². The quantitative estimate of drug-likeness (QED) is 0.560. The van der Waals surface area contributed by atoms with Gasteiger partial charge in [0.05, 0.1) is 12.2 Å². The van der Waals surface area contributed by atoms with Crippen LogP contribution in [0.5, 0.6) is 0 Å². The van der Waals surface area contributed by atoms with Gasteiger partial charge in [0.15, 0.2) is 0 Å². The molecule has 0 radical (unpaired) electrons. The number of nitrogens with zero attached hydrogens (tertiary/aromatic N) is 2. The summed E-state index contributed by atoms with van der Waals surface area (Å²) in [7, 11) is 0. The predicted octanol–water partition coefficient (Wildman–Crippen LogP) is 3.06. The summed E-state index contributed by atoms with van der Waals surface area (Å²) in [4.78, 5) is 1.21. The molecular formula is C15H18N4S. The average Bonchev–Trinajstić information content (AvgIpc) is 3.07. The van der Waals surface area contributed by atoms with E-state index in [2.05, 4.69) is 54.0 Å². The van der Waals surface area contributed by atoms with Crippen molar-refractivity contribution >= 4 is 21.4 Å². The first-order valence-electron chi connectivity index (χ1n) is 6.78. The van der Waals surface area contributed by atoms with Crippen molar-refractivity contribution in [2.24, 2.45) is 5.84 Å². The first-order chi connectivity index (χ1) is 9.81. The summed E-state index contributed by atoms with van der Waals surface area (Å²) in [5, 5.41) is 5.64. The molecule has 0 aliphatic carbocycles. The second kappa shape index (κ2) is 5.75. The SMILES string of the molecule is CCCn1cc(C(NN)c2cc3ccccc3s2)cn1. The van der Waals surface area contributed by atoms with Crippen molar-refractivity contribution in [3.8, 4) is 0 Å². The van der Waals surface area contributed by atoms with Gasteiger partial charge in [0.1, 0.15) is 0 Å². The van der Waals surface area contributed by atoms with E-state index in [1.165, 1.54) is 15.0 Å². The maximum Gasteiger partial charge on any atom is 0.0833 e. The molecule has 0 spiro atoms. The molecule has 1 aromatic carbocycles. The Hall–Kier alpha value is -1.69. The lowest BCUT2D eigenvalue weighted by molar-refractivity contribution is 0.599. The smallest absolute Gasteiger partial charge is 0.0833 e. The van der Waals surface area contributed by atoms with Crippen molar-refractivity contribution < 1.29 is 0 Å². The molecule has 1 atom stereocenters. The maximum atomic E-state index is 5.76. The zero-order valence-corrected chi connectivity index (χ0v) is 12.2. The van der Waals surface area contributed by atoms with Crippen LogP contribution in [0.3, 0.4) is 0 Å². The molecule has 0 bridgehead atoms. The van der Waals surface area contributed by atoms with Gasteiger partial charge in [0.25, 0.3) is 0 Å². The zero-order valence-electron chi connectivity index (χ0n) is 11.4. The minimum Gasteiger partial charge on any atom is -0.272 e. The second-order valence-electron chi connectivity index (χ2n) is 4.82. The van der Waals surface area contributed by atoms with Crippen LogP contribution in [0.2, 0.25) is 0 Å². The van der Waals surface area contributed by atoms with Crippen molar-refractivity contribution in [2.45, 2.75) is 25.9 Å². The van der Waals surface area contributed by atoms with Gasteiger partial charge < -0.3 is 0 Å². The number of hydrogen-bond acceptors (Lipinski definition) is 4. The lowest BCUT2D eigenvalue weighted by atomic mass is 10.1. The fourth-order valence-electron chi connectivity index (χ4n) is 2.37. The molecule has 2 aromatic heterocycles. The molecule has 3 N–H and O–H groups in total. The number of fused-ring (bicyclic) bond motifs is 1. The fraction of sp³-hybridized carbons (Fsp3) is 0.267. The Morgan fingerprint density at radius 3 is 3.00 bits per heavy atom. The molecule has 20 heavy (non-hydrogen) atoms. The molecule has 0 saturated carbocycles. The third-order valence-electron chi connectivity index (χ3n) is 3.34. The number of aryl methyl sites for hydroxylation is 1. The predicted molar refractivity (Wildman–Crippen MR) is 83.5 cm³/mol. The topological polar surface area (TPSA) is 55.9 Å². The Morgan fingerprint density at radius 1 is 1.40 bits per heavy atom. The average molecular weight is 286 g/mol. The van der Waals surface area contributed by atoms with Crippen LogP contribution in [0.1, 0.15) is 29.8 Å². The van der Waals surface area contributed by atoms with Crippen LogP contribution in [0.25, 0.3) is 10.1 Å². The number of benzene rings is 1. The van der Waals surface area contributed by atoms with Gasteiger partial charge in [-0.1, -0.05) is 25.1 Å². The van der Waals surface area contributed by atoms with E-state index in [-0.39, 0.29) is 6.04 Å². The van der Waals surface area contributed by atoms with Gasteiger partial charge in [-0.25, -0.2) is 5.43 Å². The molecule has 5 heteroatoms. The number of rotatable bonds is 5. The number of nitrogens with one attached hydrogen (secondary N) is 1. The van der Waals surface area contributed by atoms with E-state index in [0.717, 1.165) is 18.5 Å². The summed E-state index contributed by atoms with van der Waals surface area (Å²) < 4.78 is 3.25. The number of aromatic nitrogens is 2. The van der Waals surface area contributed by atoms with Gasteiger partial charge in [0.2, 0.25) is 0 Å². The summed E-state index contributed by atoms with van der Waals surface area (Å²) in [6, 6.07) is 10.6. The van der Waals surface area contributed by atoms with Crippen molar-refractivity contribution in [1.82, 2.24) is 15.2 Å². The van der Waals surface area contributed by atoms with Crippen LogP contribution >= 0.6 is 11.3 Å². The summed E-state index contributed by atoms with van der Waals surface area (Å²) in [6.45, 7) is 3.08.